The molecule has 152 valence electrons. The van der Waals surface area contributed by atoms with Gasteiger partial charge in [0.2, 0.25) is 15.9 Å². The molecule has 0 unspecified atom stereocenters. The fourth-order valence-corrected chi connectivity index (χ4v) is 3.96. The number of ether oxygens (including phenoxy) is 1. The number of halogens is 1. The van der Waals surface area contributed by atoms with Crippen molar-refractivity contribution in [1.29, 1.82) is 0 Å². The summed E-state index contributed by atoms with van der Waals surface area (Å²) in [6.07, 6.45) is 1.86. The lowest BCUT2D eigenvalue weighted by Crippen LogP contribution is -2.32. The van der Waals surface area contributed by atoms with Gasteiger partial charge in [-0.1, -0.05) is 18.2 Å². The number of aryl methyl sites for hydroxylation is 1. The fourth-order valence-electron chi connectivity index (χ4n) is 2.64. The van der Waals surface area contributed by atoms with Crippen molar-refractivity contribution in [2.45, 2.75) is 19.8 Å². The van der Waals surface area contributed by atoms with Crippen molar-refractivity contribution < 1.29 is 17.9 Å². The lowest BCUT2D eigenvalue weighted by Gasteiger charge is -2.22. The Labute approximate surface area is 180 Å². The first-order valence-electron chi connectivity index (χ1n) is 8.96. The molecule has 0 aliphatic heterocycles. The Balaban J connectivity index is 1.75. The Hall–Kier alpha value is -1.81. The van der Waals surface area contributed by atoms with Crippen LogP contribution in [0.3, 0.4) is 0 Å². The second-order valence-electron chi connectivity index (χ2n) is 6.38. The Morgan fingerprint density at radius 1 is 1.14 bits per heavy atom. The van der Waals surface area contributed by atoms with Gasteiger partial charge in [0.25, 0.3) is 0 Å². The van der Waals surface area contributed by atoms with E-state index >= 15 is 0 Å². The first-order valence-corrected chi connectivity index (χ1v) is 11.9. The monoisotopic (exact) mass is 516 g/mol. The van der Waals surface area contributed by atoms with Crippen LogP contribution in [0.1, 0.15) is 18.4 Å². The van der Waals surface area contributed by atoms with Gasteiger partial charge < -0.3 is 10.1 Å². The van der Waals surface area contributed by atoms with E-state index in [9.17, 15) is 13.2 Å². The zero-order valence-electron chi connectivity index (χ0n) is 16.0. The highest BCUT2D eigenvalue weighted by atomic mass is 127. The largest absolute Gasteiger partial charge is 0.491 e. The summed E-state index contributed by atoms with van der Waals surface area (Å²) in [7, 11) is -3.41. The van der Waals surface area contributed by atoms with Crippen molar-refractivity contribution in [3.63, 3.8) is 0 Å². The van der Waals surface area contributed by atoms with E-state index in [2.05, 4.69) is 27.9 Å². The molecule has 28 heavy (non-hydrogen) atoms. The Kier molecular flexibility index (Phi) is 8.56. The zero-order chi connectivity index (χ0) is 20.6. The molecule has 6 nitrogen and oxygen atoms in total. The van der Waals surface area contributed by atoms with Crippen LogP contribution in [0.25, 0.3) is 0 Å². The highest BCUT2D eigenvalue weighted by molar-refractivity contribution is 14.1. The maximum atomic E-state index is 12.1. The minimum atomic E-state index is -3.41. The van der Waals surface area contributed by atoms with Crippen molar-refractivity contribution in [1.82, 2.24) is 5.32 Å². The summed E-state index contributed by atoms with van der Waals surface area (Å²) in [5.41, 5.74) is 1.65. The van der Waals surface area contributed by atoms with Crippen molar-refractivity contribution in [2.75, 3.05) is 30.3 Å². The number of nitrogens with one attached hydrogen (secondary N) is 1. The molecule has 0 atom stereocenters. The van der Waals surface area contributed by atoms with Gasteiger partial charge in [-0.25, -0.2) is 8.42 Å². The molecule has 0 saturated carbocycles. The van der Waals surface area contributed by atoms with Gasteiger partial charge in [0, 0.05) is 16.5 Å². The number of amides is 1. The van der Waals surface area contributed by atoms with Crippen LogP contribution in [0.2, 0.25) is 0 Å². The molecule has 0 aromatic heterocycles. The number of anilines is 1. The second kappa shape index (κ2) is 10.7. The quantitative estimate of drug-likeness (QED) is 0.389. The van der Waals surface area contributed by atoms with E-state index in [0.717, 1.165) is 14.9 Å². The third kappa shape index (κ3) is 7.31. The van der Waals surface area contributed by atoms with Gasteiger partial charge in [-0.15, -0.1) is 0 Å². The molecule has 1 amide bonds. The molecule has 2 rings (SSSR count). The molecule has 2 aromatic carbocycles. The Morgan fingerprint density at radius 2 is 1.82 bits per heavy atom. The molecule has 0 aliphatic carbocycles. The number of para-hydroxylation sites is 1. The number of carbonyl (C=O) groups excluding carboxylic acids is 1. The van der Waals surface area contributed by atoms with Gasteiger partial charge in [0.05, 0.1) is 18.5 Å². The first-order chi connectivity index (χ1) is 13.3. The number of nitrogens with zero attached hydrogens (tertiary/aromatic N) is 1. The zero-order valence-corrected chi connectivity index (χ0v) is 19.0. The van der Waals surface area contributed by atoms with Crippen molar-refractivity contribution in [3.8, 4) is 5.75 Å². The van der Waals surface area contributed by atoms with Gasteiger partial charge in [-0.2, -0.15) is 0 Å². The normalized spacial score (nSPS) is 11.1. The van der Waals surface area contributed by atoms with Gasteiger partial charge in [0.15, 0.2) is 0 Å². The predicted molar refractivity (Wildman–Crippen MR) is 120 cm³/mol. The highest BCUT2D eigenvalue weighted by Gasteiger charge is 2.17. The fraction of sp³-hybridized carbons (Fsp3) is 0.350. The molecule has 0 aliphatic rings. The number of hydrogen-bond donors (Lipinski definition) is 1. The molecule has 0 fully saturated rings. The van der Waals surface area contributed by atoms with E-state index in [1.807, 2.05) is 43.3 Å². The topological polar surface area (TPSA) is 75.7 Å². The second-order valence-corrected chi connectivity index (χ2v) is 9.53. The summed E-state index contributed by atoms with van der Waals surface area (Å²) in [5.74, 6) is 0.683. The molecule has 1 N–H and O–H groups in total. The van der Waals surface area contributed by atoms with Crippen molar-refractivity contribution in [3.05, 3.63) is 57.7 Å². The minimum absolute atomic E-state index is 0.121. The van der Waals surface area contributed by atoms with Crippen LogP contribution < -0.4 is 14.4 Å². The molecule has 2 aromatic rings. The lowest BCUT2D eigenvalue weighted by atomic mass is 10.2. The maximum absolute atomic E-state index is 12.1. The maximum Gasteiger partial charge on any atom is 0.232 e. The average Bonchev–Trinajstić information content (AvgIpc) is 2.64. The Morgan fingerprint density at radius 3 is 2.46 bits per heavy atom. The molecule has 0 heterocycles. The molecular weight excluding hydrogens is 491 g/mol. The van der Waals surface area contributed by atoms with Gasteiger partial charge >= 0.3 is 0 Å². The van der Waals surface area contributed by atoms with Crippen LogP contribution in [0.4, 0.5) is 5.69 Å². The van der Waals surface area contributed by atoms with E-state index in [1.54, 1.807) is 12.1 Å². The van der Waals surface area contributed by atoms with Gasteiger partial charge in [-0.05, 0) is 71.8 Å². The SMILES string of the molecule is Cc1ccccc1OCCNC(=O)CCCN(c1ccc(I)cc1)S(C)(=O)=O. The van der Waals surface area contributed by atoms with Crippen LogP contribution in [0, 0.1) is 10.5 Å². The van der Waals surface area contributed by atoms with Crippen LogP contribution in [-0.2, 0) is 14.8 Å². The van der Waals surface area contributed by atoms with Crippen LogP contribution in [-0.4, -0.2) is 40.3 Å². The van der Waals surface area contributed by atoms with E-state index in [-0.39, 0.29) is 18.9 Å². The van der Waals surface area contributed by atoms with Crippen LogP contribution in [0.15, 0.2) is 48.5 Å². The van der Waals surface area contributed by atoms with Crippen LogP contribution >= 0.6 is 22.6 Å². The van der Waals surface area contributed by atoms with Gasteiger partial charge in [-0.3, -0.25) is 9.10 Å². The first kappa shape index (κ1) is 22.5. The van der Waals surface area contributed by atoms with E-state index in [1.165, 1.54) is 10.6 Å². The number of hydrogen-bond acceptors (Lipinski definition) is 4. The summed E-state index contributed by atoms with van der Waals surface area (Å²) in [6, 6.07) is 15.0. The van der Waals surface area contributed by atoms with Gasteiger partial charge in [0.1, 0.15) is 12.4 Å². The molecule has 8 heteroatoms. The van der Waals surface area contributed by atoms with E-state index in [4.69, 9.17) is 4.74 Å². The Bertz CT molecular complexity index is 885. The predicted octanol–water partition coefficient (Wildman–Crippen LogP) is 3.34. The van der Waals surface area contributed by atoms with Crippen LogP contribution in [0.5, 0.6) is 5.75 Å². The summed E-state index contributed by atoms with van der Waals surface area (Å²) in [4.78, 5) is 12.0. The standard InChI is InChI=1S/C20H25IN2O4S/c1-16-6-3-4-7-19(16)27-15-13-22-20(24)8-5-14-23(28(2,25)26)18-11-9-17(21)10-12-18/h3-4,6-7,9-12H,5,8,13-15H2,1-2H3,(H,22,24). The van der Waals surface area contributed by atoms with E-state index in [0.29, 0.717) is 25.3 Å². The number of rotatable bonds is 10. The number of sulfonamides is 1. The highest BCUT2D eigenvalue weighted by Crippen LogP contribution is 2.20. The molecule has 0 radical (unpaired) electrons. The van der Waals surface area contributed by atoms with Crippen molar-refractivity contribution >= 4 is 44.2 Å². The summed E-state index contributed by atoms with van der Waals surface area (Å²) in [6.45, 7) is 3.01. The molecule has 0 spiro atoms. The van der Waals surface area contributed by atoms with Crippen molar-refractivity contribution in [2.24, 2.45) is 0 Å². The number of carbonyl (C=O) groups is 1. The third-order valence-corrected chi connectivity index (χ3v) is 5.97. The number of benzene rings is 2. The summed E-state index contributed by atoms with van der Waals surface area (Å²) < 4.78 is 32.1. The molecule has 0 bridgehead atoms. The smallest absolute Gasteiger partial charge is 0.232 e. The molecule has 0 saturated heterocycles. The average molecular weight is 516 g/mol. The van der Waals surface area contributed by atoms with E-state index < -0.39 is 10.0 Å². The summed E-state index contributed by atoms with van der Waals surface area (Å²) >= 11 is 2.17. The summed E-state index contributed by atoms with van der Waals surface area (Å²) in [5, 5.41) is 2.80. The minimum Gasteiger partial charge on any atom is -0.491 e. The lowest BCUT2D eigenvalue weighted by molar-refractivity contribution is -0.121. The third-order valence-electron chi connectivity index (χ3n) is 4.06. The molecular formula is C20H25IN2O4S.